The van der Waals surface area contributed by atoms with Crippen LogP contribution in [0.1, 0.15) is 46.0 Å². The van der Waals surface area contributed by atoms with Gasteiger partial charge in [0.2, 0.25) is 5.91 Å². The van der Waals surface area contributed by atoms with Gasteiger partial charge in [0.1, 0.15) is 5.41 Å². The summed E-state index contributed by atoms with van der Waals surface area (Å²) in [4.78, 5) is 12.7. The van der Waals surface area contributed by atoms with Gasteiger partial charge in [-0.3, -0.25) is 4.79 Å². The Labute approximate surface area is 101 Å². The molecular weight excluding hydrogens is 231 g/mol. The summed E-state index contributed by atoms with van der Waals surface area (Å²) in [6.45, 7) is 3.00. The van der Waals surface area contributed by atoms with Crippen LogP contribution in [0.15, 0.2) is 0 Å². The number of carbonyl (C=O) groups excluding carboxylic acids is 1. The van der Waals surface area contributed by atoms with Crippen LogP contribution in [0.3, 0.4) is 0 Å². The summed E-state index contributed by atoms with van der Waals surface area (Å²) in [5.74, 6) is -0.860. The third-order valence-corrected chi connectivity index (χ3v) is 3.03. The molecule has 0 aromatic heterocycles. The number of nitrogens with zero attached hydrogens (tertiary/aromatic N) is 1. The van der Waals surface area contributed by atoms with E-state index in [1.165, 1.54) is 14.1 Å². The average molecular weight is 253 g/mol. The maximum absolute atomic E-state index is 13.0. The van der Waals surface area contributed by atoms with Crippen molar-refractivity contribution in [3.63, 3.8) is 0 Å². The summed E-state index contributed by atoms with van der Waals surface area (Å²) in [6, 6.07) is 0. The van der Waals surface area contributed by atoms with Gasteiger partial charge in [0.25, 0.3) is 0 Å². The fourth-order valence-corrected chi connectivity index (χ4v) is 1.77. The molecule has 0 aromatic carbocycles. The number of halogens is 3. The Morgan fingerprint density at radius 2 is 1.65 bits per heavy atom. The van der Waals surface area contributed by atoms with E-state index in [9.17, 15) is 18.0 Å². The number of rotatable bonds is 6. The molecule has 0 fully saturated rings. The minimum absolute atomic E-state index is 0.131. The van der Waals surface area contributed by atoms with Gasteiger partial charge in [0.15, 0.2) is 0 Å². The molecule has 0 radical (unpaired) electrons. The van der Waals surface area contributed by atoms with Gasteiger partial charge in [-0.2, -0.15) is 13.2 Å². The Morgan fingerprint density at radius 1 is 1.12 bits per heavy atom. The van der Waals surface area contributed by atoms with Crippen molar-refractivity contribution in [3.05, 3.63) is 0 Å². The highest BCUT2D eigenvalue weighted by Crippen LogP contribution is 2.43. The zero-order valence-corrected chi connectivity index (χ0v) is 11.0. The molecule has 0 aliphatic rings. The molecule has 0 rings (SSSR count). The topological polar surface area (TPSA) is 20.3 Å². The standard InChI is InChI=1S/C12H22F3NO/c1-5-6-7-8-9-11(2,12(13,14)15)10(17)16(3)4/h5-9H2,1-4H3. The van der Waals surface area contributed by atoms with Gasteiger partial charge in [0.05, 0.1) is 0 Å². The Bertz CT molecular complexity index is 251. The maximum Gasteiger partial charge on any atom is 0.402 e. The molecule has 1 amide bonds. The number of unbranched alkanes of at least 4 members (excludes halogenated alkanes) is 3. The zero-order valence-electron chi connectivity index (χ0n) is 11.0. The molecule has 17 heavy (non-hydrogen) atoms. The molecule has 0 aliphatic carbocycles. The molecular formula is C12H22F3NO. The normalized spacial score (nSPS) is 15.5. The van der Waals surface area contributed by atoms with Crippen LogP contribution in [0.4, 0.5) is 13.2 Å². The second kappa shape index (κ2) is 6.26. The fourth-order valence-electron chi connectivity index (χ4n) is 1.77. The van der Waals surface area contributed by atoms with E-state index >= 15 is 0 Å². The number of amides is 1. The zero-order chi connectivity index (χ0) is 13.7. The summed E-state index contributed by atoms with van der Waals surface area (Å²) < 4.78 is 38.9. The molecule has 2 nitrogen and oxygen atoms in total. The lowest BCUT2D eigenvalue weighted by atomic mass is 9.82. The van der Waals surface area contributed by atoms with E-state index in [2.05, 4.69) is 0 Å². The first-order valence-electron chi connectivity index (χ1n) is 5.95. The van der Waals surface area contributed by atoms with Gasteiger partial charge < -0.3 is 4.90 Å². The summed E-state index contributed by atoms with van der Waals surface area (Å²) >= 11 is 0. The quantitative estimate of drug-likeness (QED) is 0.662. The molecule has 0 aromatic rings. The van der Waals surface area contributed by atoms with Crippen LogP contribution in [-0.2, 0) is 4.79 Å². The van der Waals surface area contributed by atoms with Crippen molar-refractivity contribution in [2.24, 2.45) is 5.41 Å². The lowest BCUT2D eigenvalue weighted by molar-refractivity contribution is -0.223. The second-order valence-electron chi connectivity index (χ2n) is 4.84. The molecule has 0 heterocycles. The van der Waals surface area contributed by atoms with Crippen molar-refractivity contribution >= 4 is 5.91 Å². The first-order valence-corrected chi connectivity index (χ1v) is 5.95. The molecule has 0 spiro atoms. The third-order valence-electron chi connectivity index (χ3n) is 3.03. The molecule has 0 saturated carbocycles. The van der Waals surface area contributed by atoms with Gasteiger partial charge in [-0.15, -0.1) is 0 Å². The monoisotopic (exact) mass is 253 g/mol. The largest absolute Gasteiger partial charge is 0.402 e. The van der Waals surface area contributed by atoms with Crippen molar-refractivity contribution < 1.29 is 18.0 Å². The van der Waals surface area contributed by atoms with E-state index in [0.717, 1.165) is 31.1 Å². The fraction of sp³-hybridized carbons (Fsp3) is 0.917. The maximum atomic E-state index is 13.0. The van der Waals surface area contributed by atoms with Crippen LogP contribution in [0.2, 0.25) is 0 Å². The molecule has 102 valence electrons. The van der Waals surface area contributed by atoms with Crippen LogP contribution >= 0.6 is 0 Å². The Balaban J connectivity index is 4.70. The van der Waals surface area contributed by atoms with Crippen molar-refractivity contribution in [1.29, 1.82) is 0 Å². The molecule has 0 bridgehead atoms. The van der Waals surface area contributed by atoms with Gasteiger partial charge in [0, 0.05) is 14.1 Å². The second-order valence-corrected chi connectivity index (χ2v) is 4.84. The van der Waals surface area contributed by atoms with Gasteiger partial charge >= 0.3 is 6.18 Å². The highest BCUT2D eigenvalue weighted by molar-refractivity contribution is 5.82. The van der Waals surface area contributed by atoms with E-state index in [1.54, 1.807) is 0 Å². The Hall–Kier alpha value is -0.740. The van der Waals surface area contributed by atoms with E-state index in [-0.39, 0.29) is 6.42 Å². The number of hydrogen-bond acceptors (Lipinski definition) is 1. The smallest absolute Gasteiger partial charge is 0.348 e. The van der Waals surface area contributed by atoms with Crippen LogP contribution in [-0.4, -0.2) is 31.1 Å². The summed E-state index contributed by atoms with van der Waals surface area (Å²) in [6.07, 6.45) is -1.57. The van der Waals surface area contributed by atoms with E-state index in [1.807, 2.05) is 6.92 Å². The summed E-state index contributed by atoms with van der Waals surface area (Å²) in [5, 5.41) is 0. The van der Waals surface area contributed by atoms with Crippen LogP contribution in [0.5, 0.6) is 0 Å². The van der Waals surface area contributed by atoms with Crippen LogP contribution in [0.25, 0.3) is 0 Å². The molecule has 1 atom stereocenters. The number of hydrogen-bond donors (Lipinski definition) is 0. The lowest BCUT2D eigenvalue weighted by Gasteiger charge is -2.33. The van der Waals surface area contributed by atoms with Crippen molar-refractivity contribution in [1.82, 2.24) is 4.90 Å². The minimum Gasteiger partial charge on any atom is -0.348 e. The predicted molar refractivity (Wildman–Crippen MR) is 61.6 cm³/mol. The summed E-state index contributed by atoms with van der Waals surface area (Å²) in [5.41, 5.74) is -2.25. The molecule has 0 N–H and O–H groups in total. The highest BCUT2D eigenvalue weighted by Gasteiger charge is 2.56. The first kappa shape index (κ1) is 16.3. The highest BCUT2D eigenvalue weighted by atomic mass is 19.4. The molecule has 5 heteroatoms. The molecule has 0 aliphatic heterocycles. The Kier molecular flexibility index (Phi) is 5.99. The SMILES string of the molecule is CCCCCCC(C)(C(=O)N(C)C)C(F)(F)F. The van der Waals surface area contributed by atoms with Crippen LogP contribution in [0, 0.1) is 5.41 Å². The minimum atomic E-state index is -4.49. The predicted octanol–water partition coefficient (Wildman–Crippen LogP) is 3.61. The molecule has 1 unspecified atom stereocenters. The van der Waals surface area contributed by atoms with Gasteiger partial charge in [-0.25, -0.2) is 0 Å². The van der Waals surface area contributed by atoms with E-state index < -0.39 is 17.5 Å². The number of alkyl halides is 3. The van der Waals surface area contributed by atoms with Crippen LogP contribution < -0.4 is 0 Å². The summed E-state index contributed by atoms with van der Waals surface area (Å²) in [7, 11) is 2.72. The van der Waals surface area contributed by atoms with Gasteiger partial charge in [-0.05, 0) is 13.3 Å². The van der Waals surface area contributed by atoms with Gasteiger partial charge in [-0.1, -0.05) is 32.6 Å². The van der Waals surface area contributed by atoms with Crippen molar-refractivity contribution in [2.75, 3.05) is 14.1 Å². The van der Waals surface area contributed by atoms with Crippen molar-refractivity contribution in [3.8, 4) is 0 Å². The van der Waals surface area contributed by atoms with Crippen molar-refractivity contribution in [2.45, 2.75) is 52.1 Å². The lowest BCUT2D eigenvalue weighted by Crippen LogP contribution is -2.48. The first-order chi connectivity index (χ1) is 7.66. The third kappa shape index (κ3) is 4.21. The van der Waals surface area contributed by atoms with E-state index in [4.69, 9.17) is 0 Å². The Morgan fingerprint density at radius 3 is 2.00 bits per heavy atom. The molecule has 0 saturated heterocycles. The number of carbonyl (C=O) groups is 1. The van der Waals surface area contributed by atoms with E-state index in [0.29, 0.717) is 6.42 Å². The average Bonchev–Trinajstić information content (AvgIpc) is 2.21.